The van der Waals surface area contributed by atoms with Crippen molar-refractivity contribution >= 4 is 28.3 Å². The molecular formula is C9H10BrClN2O. The standard InChI is InChI=1S/C9H9BrN2O.ClH/c10-8-2-1-6(13)5-7(8)9(12)3-4-11;/h1-2,5,9,13H,3,12H2;1H/t9-;/m1./s1. The van der Waals surface area contributed by atoms with Crippen LogP contribution in [0.1, 0.15) is 18.0 Å². The third kappa shape index (κ3) is 3.18. The van der Waals surface area contributed by atoms with Gasteiger partial charge in [-0.05, 0) is 23.8 Å². The lowest BCUT2D eigenvalue weighted by Gasteiger charge is -2.10. The Morgan fingerprint density at radius 1 is 1.57 bits per heavy atom. The minimum absolute atomic E-state index is 0. The molecule has 5 heteroatoms. The van der Waals surface area contributed by atoms with Crippen molar-refractivity contribution < 1.29 is 5.11 Å². The Bertz CT molecular complexity index is 351. The molecule has 0 aliphatic carbocycles. The van der Waals surface area contributed by atoms with Crippen molar-refractivity contribution in [3.05, 3.63) is 28.2 Å². The zero-order chi connectivity index (χ0) is 9.84. The molecule has 0 aliphatic rings. The number of nitrogens with zero attached hydrogens (tertiary/aromatic N) is 1. The van der Waals surface area contributed by atoms with Crippen molar-refractivity contribution in [1.82, 2.24) is 0 Å². The van der Waals surface area contributed by atoms with Gasteiger partial charge < -0.3 is 10.8 Å². The normalized spacial score (nSPS) is 11.2. The van der Waals surface area contributed by atoms with Crippen molar-refractivity contribution in [2.24, 2.45) is 5.73 Å². The van der Waals surface area contributed by atoms with Crippen molar-refractivity contribution in [3.63, 3.8) is 0 Å². The van der Waals surface area contributed by atoms with E-state index in [1.165, 1.54) is 0 Å². The van der Waals surface area contributed by atoms with Crippen LogP contribution in [0.2, 0.25) is 0 Å². The molecule has 0 fully saturated rings. The van der Waals surface area contributed by atoms with Crippen LogP contribution in [-0.4, -0.2) is 5.11 Å². The van der Waals surface area contributed by atoms with Gasteiger partial charge in [0, 0.05) is 10.5 Å². The van der Waals surface area contributed by atoms with Gasteiger partial charge in [0.05, 0.1) is 12.5 Å². The highest BCUT2D eigenvalue weighted by atomic mass is 79.9. The van der Waals surface area contributed by atoms with Crippen LogP contribution < -0.4 is 5.73 Å². The maximum Gasteiger partial charge on any atom is 0.115 e. The number of benzene rings is 1. The lowest BCUT2D eigenvalue weighted by molar-refractivity contribution is 0.473. The fourth-order valence-electron chi connectivity index (χ4n) is 1.02. The molecule has 0 spiro atoms. The van der Waals surface area contributed by atoms with Gasteiger partial charge in [0.25, 0.3) is 0 Å². The van der Waals surface area contributed by atoms with Gasteiger partial charge in [0.15, 0.2) is 0 Å². The number of hydrogen-bond donors (Lipinski definition) is 2. The molecule has 0 radical (unpaired) electrons. The molecule has 0 heterocycles. The Morgan fingerprint density at radius 3 is 2.79 bits per heavy atom. The molecule has 1 aromatic rings. The van der Waals surface area contributed by atoms with E-state index in [2.05, 4.69) is 15.9 Å². The lowest BCUT2D eigenvalue weighted by Crippen LogP contribution is -2.09. The Kier molecular flexibility index (Phi) is 5.55. The quantitative estimate of drug-likeness (QED) is 0.872. The van der Waals surface area contributed by atoms with E-state index >= 15 is 0 Å². The Morgan fingerprint density at radius 2 is 2.21 bits per heavy atom. The molecule has 1 rings (SSSR count). The highest BCUT2D eigenvalue weighted by Crippen LogP contribution is 2.27. The summed E-state index contributed by atoms with van der Waals surface area (Å²) >= 11 is 3.30. The molecular weight excluding hydrogens is 267 g/mol. The maximum absolute atomic E-state index is 9.20. The minimum Gasteiger partial charge on any atom is -0.508 e. The summed E-state index contributed by atoms with van der Waals surface area (Å²) in [6.07, 6.45) is 0.238. The molecule has 0 amide bonds. The van der Waals surface area contributed by atoms with Crippen LogP contribution in [-0.2, 0) is 0 Å². The van der Waals surface area contributed by atoms with Gasteiger partial charge >= 0.3 is 0 Å². The highest BCUT2D eigenvalue weighted by Gasteiger charge is 2.09. The Balaban J connectivity index is 0.00000169. The largest absolute Gasteiger partial charge is 0.508 e. The van der Waals surface area contributed by atoms with Gasteiger partial charge in [0.1, 0.15) is 5.75 Å². The summed E-state index contributed by atoms with van der Waals surface area (Å²) in [5.41, 5.74) is 6.46. The van der Waals surface area contributed by atoms with Crippen LogP contribution in [0.5, 0.6) is 5.75 Å². The van der Waals surface area contributed by atoms with Crippen molar-refractivity contribution in [2.75, 3.05) is 0 Å². The van der Waals surface area contributed by atoms with E-state index < -0.39 is 0 Å². The summed E-state index contributed by atoms with van der Waals surface area (Å²) < 4.78 is 0.813. The number of aromatic hydroxyl groups is 1. The van der Waals surface area contributed by atoms with E-state index in [9.17, 15) is 5.11 Å². The van der Waals surface area contributed by atoms with E-state index in [1.807, 2.05) is 6.07 Å². The SMILES string of the molecule is Cl.N#CC[C@@H](N)c1cc(O)ccc1Br. The third-order valence-electron chi connectivity index (χ3n) is 1.69. The fraction of sp³-hybridized carbons (Fsp3) is 0.222. The molecule has 0 aromatic heterocycles. The molecule has 3 nitrogen and oxygen atoms in total. The number of phenolic OH excluding ortho intramolecular Hbond substituents is 1. The molecule has 1 aromatic carbocycles. The average Bonchev–Trinajstić information content (AvgIpc) is 2.09. The smallest absolute Gasteiger partial charge is 0.115 e. The van der Waals surface area contributed by atoms with Crippen molar-refractivity contribution in [1.29, 1.82) is 5.26 Å². The second-order valence-electron chi connectivity index (χ2n) is 2.67. The second kappa shape index (κ2) is 5.86. The summed E-state index contributed by atoms with van der Waals surface area (Å²) in [6.45, 7) is 0. The molecule has 0 saturated heterocycles. The van der Waals surface area contributed by atoms with E-state index in [0.29, 0.717) is 0 Å². The average molecular weight is 278 g/mol. The molecule has 0 aliphatic heterocycles. The first-order chi connectivity index (χ1) is 6.15. The summed E-state index contributed by atoms with van der Waals surface area (Å²) in [6, 6.07) is 6.46. The van der Waals surface area contributed by atoms with Crippen molar-refractivity contribution in [3.8, 4) is 11.8 Å². The number of hydrogen-bond acceptors (Lipinski definition) is 3. The predicted octanol–water partition coefficient (Wildman–Crippen LogP) is 2.49. The molecule has 76 valence electrons. The zero-order valence-corrected chi connectivity index (χ0v) is 9.68. The zero-order valence-electron chi connectivity index (χ0n) is 7.27. The molecule has 3 N–H and O–H groups in total. The number of nitriles is 1. The van der Waals surface area contributed by atoms with Crippen LogP contribution in [0.3, 0.4) is 0 Å². The molecule has 0 saturated carbocycles. The number of phenols is 1. The Hall–Kier alpha value is -0.760. The van der Waals surface area contributed by atoms with E-state index in [1.54, 1.807) is 18.2 Å². The first kappa shape index (κ1) is 13.2. The van der Waals surface area contributed by atoms with Crippen LogP contribution in [0.4, 0.5) is 0 Å². The van der Waals surface area contributed by atoms with E-state index in [-0.39, 0.29) is 30.6 Å². The van der Waals surface area contributed by atoms with Crippen molar-refractivity contribution in [2.45, 2.75) is 12.5 Å². The topological polar surface area (TPSA) is 70.0 Å². The summed E-state index contributed by atoms with van der Waals surface area (Å²) in [5, 5.41) is 17.6. The third-order valence-corrected chi connectivity index (χ3v) is 2.41. The van der Waals surface area contributed by atoms with Gasteiger partial charge in [0.2, 0.25) is 0 Å². The highest BCUT2D eigenvalue weighted by molar-refractivity contribution is 9.10. The summed E-state index contributed by atoms with van der Waals surface area (Å²) in [7, 11) is 0. The van der Waals surface area contributed by atoms with Crippen LogP contribution in [0.25, 0.3) is 0 Å². The molecule has 1 atom stereocenters. The van der Waals surface area contributed by atoms with E-state index in [4.69, 9.17) is 11.0 Å². The van der Waals surface area contributed by atoms with Crippen LogP contribution in [0.15, 0.2) is 22.7 Å². The lowest BCUT2D eigenvalue weighted by atomic mass is 10.1. The number of rotatable bonds is 2. The fourth-order valence-corrected chi connectivity index (χ4v) is 1.56. The molecule has 14 heavy (non-hydrogen) atoms. The minimum atomic E-state index is -0.355. The second-order valence-corrected chi connectivity index (χ2v) is 3.53. The predicted molar refractivity (Wildman–Crippen MR) is 60.2 cm³/mol. The summed E-state index contributed by atoms with van der Waals surface area (Å²) in [5.74, 6) is 0.159. The molecule has 0 bridgehead atoms. The molecule has 0 unspecified atom stereocenters. The number of nitrogens with two attached hydrogens (primary N) is 1. The first-order valence-corrected chi connectivity index (χ1v) is 4.55. The number of halogens is 2. The van der Waals surface area contributed by atoms with Gasteiger partial charge in [-0.15, -0.1) is 12.4 Å². The Labute approximate surface area is 97.1 Å². The van der Waals surface area contributed by atoms with Gasteiger partial charge in [-0.1, -0.05) is 15.9 Å². The van der Waals surface area contributed by atoms with Crippen LogP contribution in [0, 0.1) is 11.3 Å². The van der Waals surface area contributed by atoms with E-state index in [0.717, 1.165) is 10.0 Å². The van der Waals surface area contributed by atoms with Gasteiger partial charge in [-0.25, -0.2) is 0 Å². The maximum atomic E-state index is 9.20. The summed E-state index contributed by atoms with van der Waals surface area (Å²) in [4.78, 5) is 0. The van der Waals surface area contributed by atoms with Crippen LogP contribution >= 0.6 is 28.3 Å². The monoisotopic (exact) mass is 276 g/mol. The van der Waals surface area contributed by atoms with Gasteiger partial charge in [-0.2, -0.15) is 5.26 Å². The first-order valence-electron chi connectivity index (χ1n) is 3.76. The van der Waals surface area contributed by atoms with Gasteiger partial charge in [-0.3, -0.25) is 0 Å².